The van der Waals surface area contributed by atoms with Gasteiger partial charge in [0.15, 0.2) is 0 Å². The molecule has 4 rings (SSSR count). The van der Waals surface area contributed by atoms with Gasteiger partial charge < -0.3 is 4.90 Å². The van der Waals surface area contributed by atoms with E-state index >= 15 is 0 Å². The van der Waals surface area contributed by atoms with E-state index in [1.54, 1.807) is 0 Å². The molecule has 0 spiro atoms. The normalized spacial score (nSPS) is 20.1. The summed E-state index contributed by atoms with van der Waals surface area (Å²) in [6.45, 7) is 6.15. The van der Waals surface area contributed by atoms with Crippen LogP contribution in [0, 0.1) is 13.8 Å². The molecule has 2 aliphatic heterocycles. The van der Waals surface area contributed by atoms with Crippen molar-refractivity contribution in [1.29, 1.82) is 0 Å². The van der Waals surface area contributed by atoms with E-state index in [2.05, 4.69) is 43.0 Å². The first kappa shape index (κ1) is 17.8. The Morgan fingerprint density at radius 3 is 2.41 bits per heavy atom. The fraction of sp³-hybridized carbons (Fsp3) is 0.391. The van der Waals surface area contributed by atoms with Crippen LogP contribution in [0.4, 0.5) is 5.69 Å². The molecule has 0 aliphatic carbocycles. The second-order valence-electron chi connectivity index (χ2n) is 7.62. The summed E-state index contributed by atoms with van der Waals surface area (Å²) in [6, 6.07) is 16.1. The van der Waals surface area contributed by atoms with Gasteiger partial charge in [0.1, 0.15) is 6.04 Å². The van der Waals surface area contributed by atoms with Crippen LogP contribution >= 0.6 is 0 Å². The smallest absolute Gasteiger partial charge is 0.259 e. The van der Waals surface area contributed by atoms with E-state index in [-0.39, 0.29) is 11.9 Å². The molecular weight excluding hydrogens is 334 g/mol. The number of guanidine groups is 1. The third-order valence-electron chi connectivity index (χ3n) is 5.64. The third-order valence-corrected chi connectivity index (χ3v) is 5.64. The van der Waals surface area contributed by atoms with Crippen molar-refractivity contribution in [2.45, 2.75) is 45.6 Å². The Hall–Kier alpha value is -2.62. The molecule has 1 unspecified atom stereocenters. The van der Waals surface area contributed by atoms with E-state index in [0.717, 1.165) is 43.1 Å². The van der Waals surface area contributed by atoms with Crippen molar-refractivity contribution in [2.75, 3.05) is 18.0 Å². The number of benzene rings is 2. The average molecular weight is 361 g/mol. The van der Waals surface area contributed by atoms with Crippen LogP contribution in [0.3, 0.4) is 0 Å². The first-order valence-electron chi connectivity index (χ1n) is 9.91. The number of carbonyl (C=O) groups excluding carboxylic acids is 1. The van der Waals surface area contributed by atoms with Crippen LogP contribution in [0.15, 0.2) is 53.5 Å². The van der Waals surface area contributed by atoms with E-state index in [4.69, 9.17) is 4.99 Å². The molecule has 27 heavy (non-hydrogen) atoms. The molecule has 0 N–H and O–H groups in total. The number of hydrogen-bond acceptors (Lipinski definition) is 3. The van der Waals surface area contributed by atoms with Crippen LogP contribution in [0.2, 0.25) is 0 Å². The second kappa shape index (κ2) is 7.55. The molecule has 4 heteroatoms. The predicted molar refractivity (Wildman–Crippen MR) is 110 cm³/mol. The van der Waals surface area contributed by atoms with Crippen molar-refractivity contribution < 1.29 is 4.79 Å². The monoisotopic (exact) mass is 361 g/mol. The maximum absolute atomic E-state index is 13.3. The second-order valence-corrected chi connectivity index (χ2v) is 7.62. The summed E-state index contributed by atoms with van der Waals surface area (Å²) >= 11 is 0. The SMILES string of the molecule is Cc1ccc(N2C(=O)C(Cc3ccccc3)N=C2N2CCCCC2)cc1C. The lowest BCUT2D eigenvalue weighted by atomic mass is 10.1. The number of piperidine rings is 1. The molecule has 1 fully saturated rings. The number of aliphatic imine (C=N–C) groups is 1. The zero-order valence-electron chi connectivity index (χ0n) is 16.2. The summed E-state index contributed by atoms with van der Waals surface area (Å²) in [4.78, 5) is 22.4. The summed E-state index contributed by atoms with van der Waals surface area (Å²) in [5.41, 5.74) is 4.52. The lowest BCUT2D eigenvalue weighted by Gasteiger charge is -2.32. The highest BCUT2D eigenvalue weighted by molar-refractivity contribution is 6.22. The fourth-order valence-electron chi connectivity index (χ4n) is 3.89. The number of aryl methyl sites for hydroxylation is 2. The number of hydrogen-bond donors (Lipinski definition) is 0. The zero-order chi connectivity index (χ0) is 18.8. The molecule has 140 valence electrons. The quantitative estimate of drug-likeness (QED) is 0.825. The summed E-state index contributed by atoms with van der Waals surface area (Å²) in [6.07, 6.45) is 4.24. The van der Waals surface area contributed by atoms with Gasteiger partial charge in [-0.2, -0.15) is 0 Å². The van der Waals surface area contributed by atoms with Crippen molar-refractivity contribution in [3.05, 3.63) is 65.2 Å². The van der Waals surface area contributed by atoms with Crippen molar-refractivity contribution in [1.82, 2.24) is 4.90 Å². The van der Waals surface area contributed by atoms with Gasteiger partial charge in [0.2, 0.25) is 5.96 Å². The number of rotatable bonds is 3. The number of likely N-dealkylation sites (tertiary alicyclic amines) is 1. The minimum atomic E-state index is -0.342. The van der Waals surface area contributed by atoms with E-state index in [1.807, 2.05) is 29.2 Å². The summed E-state index contributed by atoms with van der Waals surface area (Å²) in [7, 11) is 0. The molecule has 4 nitrogen and oxygen atoms in total. The van der Waals surface area contributed by atoms with Gasteiger partial charge in [0, 0.05) is 19.5 Å². The van der Waals surface area contributed by atoms with Crippen molar-refractivity contribution >= 4 is 17.6 Å². The molecular formula is C23H27N3O. The molecule has 0 radical (unpaired) electrons. The maximum atomic E-state index is 13.3. The summed E-state index contributed by atoms with van der Waals surface area (Å²) in [5.74, 6) is 0.923. The lowest BCUT2D eigenvalue weighted by Crippen LogP contribution is -2.47. The highest BCUT2D eigenvalue weighted by atomic mass is 16.2. The first-order chi connectivity index (χ1) is 13.1. The summed E-state index contributed by atoms with van der Waals surface area (Å²) < 4.78 is 0. The van der Waals surface area contributed by atoms with Crippen molar-refractivity contribution in [3.8, 4) is 0 Å². The summed E-state index contributed by atoms with van der Waals surface area (Å²) in [5, 5.41) is 0. The van der Waals surface area contributed by atoms with Crippen LogP contribution in [0.5, 0.6) is 0 Å². The van der Waals surface area contributed by atoms with E-state index in [9.17, 15) is 4.79 Å². The van der Waals surface area contributed by atoms with Crippen LogP contribution in [0.25, 0.3) is 0 Å². The Balaban J connectivity index is 1.68. The van der Waals surface area contributed by atoms with Gasteiger partial charge in [-0.05, 0) is 61.9 Å². The highest BCUT2D eigenvalue weighted by Crippen LogP contribution is 2.28. The Labute approximate surface area is 161 Å². The van der Waals surface area contributed by atoms with E-state index in [0.29, 0.717) is 6.42 Å². The molecule has 0 bridgehead atoms. The number of amides is 1. The Bertz CT molecular complexity index is 853. The van der Waals surface area contributed by atoms with Gasteiger partial charge in [-0.25, -0.2) is 9.89 Å². The third kappa shape index (κ3) is 3.61. The number of nitrogens with zero attached hydrogens (tertiary/aromatic N) is 3. The molecule has 0 saturated carbocycles. The first-order valence-corrected chi connectivity index (χ1v) is 9.91. The molecule has 1 saturated heterocycles. The van der Waals surface area contributed by atoms with E-state index in [1.165, 1.54) is 17.5 Å². The predicted octanol–water partition coefficient (Wildman–Crippen LogP) is 4.10. The van der Waals surface area contributed by atoms with Crippen LogP contribution in [0.1, 0.15) is 36.0 Å². The average Bonchev–Trinajstić information content (AvgIpc) is 3.02. The standard InChI is InChI=1S/C23H27N3O/c1-17-11-12-20(15-18(17)2)26-22(27)21(16-19-9-5-3-6-10-19)24-23(26)25-13-7-4-8-14-25/h3,5-6,9-12,15,21H,4,7-8,13-14,16H2,1-2H3. The van der Waals surface area contributed by atoms with Gasteiger partial charge in [-0.3, -0.25) is 4.79 Å². The van der Waals surface area contributed by atoms with Crippen LogP contribution in [-0.2, 0) is 11.2 Å². The number of carbonyl (C=O) groups is 1. The Morgan fingerprint density at radius 1 is 0.963 bits per heavy atom. The topological polar surface area (TPSA) is 35.9 Å². The van der Waals surface area contributed by atoms with Gasteiger partial charge in [0.05, 0.1) is 5.69 Å². The van der Waals surface area contributed by atoms with Crippen LogP contribution < -0.4 is 4.90 Å². The van der Waals surface area contributed by atoms with Gasteiger partial charge in [-0.1, -0.05) is 36.4 Å². The van der Waals surface area contributed by atoms with E-state index < -0.39 is 0 Å². The van der Waals surface area contributed by atoms with Gasteiger partial charge >= 0.3 is 0 Å². The Morgan fingerprint density at radius 2 is 1.70 bits per heavy atom. The van der Waals surface area contributed by atoms with Gasteiger partial charge in [0.25, 0.3) is 5.91 Å². The minimum absolute atomic E-state index is 0.0858. The molecule has 2 heterocycles. The van der Waals surface area contributed by atoms with Crippen molar-refractivity contribution in [2.24, 2.45) is 4.99 Å². The maximum Gasteiger partial charge on any atom is 0.259 e. The highest BCUT2D eigenvalue weighted by Gasteiger charge is 2.38. The largest absolute Gasteiger partial charge is 0.342 e. The van der Waals surface area contributed by atoms with Crippen molar-refractivity contribution in [3.63, 3.8) is 0 Å². The molecule has 1 atom stereocenters. The fourth-order valence-corrected chi connectivity index (χ4v) is 3.89. The lowest BCUT2D eigenvalue weighted by molar-refractivity contribution is -0.118. The molecule has 2 aliphatic rings. The molecule has 2 aromatic rings. The number of anilines is 1. The molecule has 2 aromatic carbocycles. The Kier molecular flexibility index (Phi) is 4.97. The molecule has 1 amide bonds. The van der Waals surface area contributed by atoms with Crippen LogP contribution in [-0.4, -0.2) is 35.9 Å². The zero-order valence-corrected chi connectivity index (χ0v) is 16.2. The molecule has 0 aromatic heterocycles. The minimum Gasteiger partial charge on any atom is -0.342 e. The van der Waals surface area contributed by atoms with Gasteiger partial charge in [-0.15, -0.1) is 0 Å².